The molecule has 0 bridgehead atoms. The molecule has 1 fully saturated rings. The van der Waals surface area contributed by atoms with Gasteiger partial charge in [0.05, 0.1) is 41.4 Å². The summed E-state index contributed by atoms with van der Waals surface area (Å²) in [7, 11) is 3.76. The minimum Gasteiger partial charge on any atom is -0.493 e. The van der Waals surface area contributed by atoms with Crippen LogP contribution in [0.15, 0.2) is 42.9 Å². The van der Waals surface area contributed by atoms with E-state index < -0.39 is 0 Å². The molecule has 2 aromatic carbocycles. The van der Waals surface area contributed by atoms with Crippen LogP contribution in [0.1, 0.15) is 12.0 Å². The zero-order valence-corrected chi connectivity index (χ0v) is 18.5. The van der Waals surface area contributed by atoms with Gasteiger partial charge in [-0.3, -0.25) is 4.40 Å². The van der Waals surface area contributed by atoms with Gasteiger partial charge in [0.2, 0.25) is 0 Å². The number of hydrogen-bond donors (Lipinski definition) is 1. The molecule has 2 aromatic heterocycles. The summed E-state index contributed by atoms with van der Waals surface area (Å²) in [6.45, 7) is 3.94. The summed E-state index contributed by atoms with van der Waals surface area (Å²) >= 11 is 6.44. The molecule has 8 heteroatoms. The van der Waals surface area contributed by atoms with E-state index in [1.165, 1.54) is 0 Å². The third-order valence-corrected chi connectivity index (χ3v) is 6.06. The number of para-hydroxylation sites is 1. The number of benzene rings is 2. The van der Waals surface area contributed by atoms with E-state index in [0.717, 1.165) is 47.3 Å². The van der Waals surface area contributed by atoms with E-state index in [4.69, 9.17) is 26.1 Å². The van der Waals surface area contributed by atoms with E-state index in [-0.39, 0.29) is 6.10 Å². The van der Waals surface area contributed by atoms with Crippen LogP contribution in [0.25, 0.3) is 16.6 Å². The number of rotatable bonds is 5. The summed E-state index contributed by atoms with van der Waals surface area (Å²) in [6.07, 6.45) is 4.68. The highest BCUT2D eigenvalue weighted by Gasteiger charge is 2.23. The molecule has 0 aliphatic carbocycles. The molecule has 4 aromatic rings. The fraction of sp³-hybridized carbons (Fsp3) is 0.304. The second-order valence-electron chi connectivity index (χ2n) is 7.95. The molecule has 1 N–H and O–H groups in total. The molecule has 31 heavy (non-hydrogen) atoms. The van der Waals surface area contributed by atoms with Crippen LogP contribution >= 0.6 is 11.6 Å². The normalized spacial score (nSPS) is 16.8. The number of aryl methyl sites for hydroxylation is 1. The van der Waals surface area contributed by atoms with Gasteiger partial charge in [0.1, 0.15) is 11.6 Å². The van der Waals surface area contributed by atoms with Crippen molar-refractivity contribution in [2.45, 2.75) is 19.4 Å². The average Bonchev–Trinajstić information content (AvgIpc) is 3.40. The van der Waals surface area contributed by atoms with Crippen LogP contribution in [0.2, 0.25) is 5.02 Å². The number of hydrogen-bond acceptors (Lipinski definition) is 6. The number of halogens is 1. The van der Waals surface area contributed by atoms with Gasteiger partial charge in [0.15, 0.2) is 17.3 Å². The quantitative estimate of drug-likeness (QED) is 0.489. The number of fused-ring (bicyclic) bond motifs is 3. The van der Waals surface area contributed by atoms with Crippen LogP contribution in [0.4, 0.5) is 11.5 Å². The molecule has 1 aliphatic rings. The summed E-state index contributed by atoms with van der Waals surface area (Å²) in [5, 5.41) is 4.05. The topological polar surface area (TPSA) is 63.9 Å². The predicted octanol–water partition coefficient (Wildman–Crippen LogP) is 4.68. The molecule has 0 amide bonds. The number of ether oxygens (including phenoxy) is 2. The van der Waals surface area contributed by atoms with Crippen molar-refractivity contribution in [1.82, 2.24) is 19.3 Å². The van der Waals surface area contributed by atoms with Gasteiger partial charge in [-0.05, 0) is 32.0 Å². The maximum absolute atomic E-state index is 6.44. The first-order chi connectivity index (χ1) is 15.0. The van der Waals surface area contributed by atoms with E-state index in [2.05, 4.69) is 22.2 Å². The monoisotopic (exact) mass is 437 g/mol. The Morgan fingerprint density at radius 1 is 1.19 bits per heavy atom. The summed E-state index contributed by atoms with van der Waals surface area (Å²) in [4.78, 5) is 11.5. The summed E-state index contributed by atoms with van der Waals surface area (Å²) in [6, 6.07) is 9.70. The Kier molecular flexibility index (Phi) is 5.08. The largest absolute Gasteiger partial charge is 0.493 e. The number of methoxy groups -OCH3 is 1. The zero-order chi connectivity index (χ0) is 21.5. The first-order valence-corrected chi connectivity index (χ1v) is 10.6. The van der Waals surface area contributed by atoms with E-state index in [9.17, 15) is 0 Å². The molecular formula is C23H24ClN5O2. The summed E-state index contributed by atoms with van der Waals surface area (Å²) < 4.78 is 13.9. The molecule has 1 aliphatic heterocycles. The highest BCUT2D eigenvalue weighted by molar-refractivity contribution is 6.33. The number of nitrogens with one attached hydrogen (secondary N) is 1. The standard InChI is InChI=1S/C23H24ClN5O2/c1-14-5-4-6-16(24)22(14)27-23-19-11-25-13-29(19)18-10-20(30-3)21(9-17(18)26-23)31-15-7-8-28(2)12-15/h4-6,9-11,13,15H,7-8,12H2,1-3H3,(H,26,27). The van der Waals surface area contributed by atoms with E-state index in [1.54, 1.807) is 19.6 Å². The second kappa shape index (κ2) is 7.90. The Labute approximate surface area is 185 Å². The lowest BCUT2D eigenvalue weighted by Gasteiger charge is -2.18. The Bertz CT molecular complexity index is 1250. The van der Waals surface area contributed by atoms with Gasteiger partial charge < -0.3 is 19.7 Å². The lowest BCUT2D eigenvalue weighted by Crippen LogP contribution is -2.21. The van der Waals surface area contributed by atoms with Crippen molar-refractivity contribution in [2.24, 2.45) is 0 Å². The zero-order valence-electron chi connectivity index (χ0n) is 17.7. The second-order valence-corrected chi connectivity index (χ2v) is 8.36. The van der Waals surface area contributed by atoms with Crippen molar-refractivity contribution in [3.05, 3.63) is 53.4 Å². The summed E-state index contributed by atoms with van der Waals surface area (Å²) in [5.74, 6) is 2.06. The molecule has 1 atom stereocenters. The third-order valence-electron chi connectivity index (χ3n) is 5.74. The SMILES string of the molecule is COc1cc2c(cc1OC1CCN(C)C1)nc(Nc1c(C)cccc1Cl)c1cncn12. The predicted molar refractivity (Wildman–Crippen MR) is 123 cm³/mol. The van der Waals surface area contributed by atoms with Crippen molar-refractivity contribution in [3.8, 4) is 11.5 Å². The van der Waals surface area contributed by atoms with E-state index in [0.29, 0.717) is 22.3 Å². The van der Waals surface area contributed by atoms with Crippen LogP contribution < -0.4 is 14.8 Å². The Hall–Kier alpha value is -3.03. The van der Waals surface area contributed by atoms with Gasteiger partial charge in [-0.15, -0.1) is 0 Å². The van der Waals surface area contributed by atoms with Crippen LogP contribution in [-0.2, 0) is 0 Å². The third kappa shape index (κ3) is 3.64. The van der Waals surface area contributed by atoms with Gasteiger partial charge in [-0.25, -0.2) is 9.97 Å². The average molecular weight is 438 g/mol. The minimum absolute atomic E-state index is 0.136. The maximum atomic E-state index is 6.44. The number of imidazole rings is 1. The van der Waals surface area contributed by atoms with Crippen molar-refractivity contribution >= 4 is 39.7 Å². The molecule has 0 spiro atoms. The van der Waals surface area contributed by atoms with Gasteiger partial charge >= 0.3 is 0 Å². The summed E-state index contributed by atoms with van der Waals surface area (Å²) in [5.41, 5.74) is 4.38. The number of aromatic nitrogens is 3. The molecule has 5 rings (SSSR count). The fourth-order valence-corrected chi connectivity index (χ4v) is 4.35. The highest BCUT2D eigenvalue weighted by Crippen LogP contribution is 2.36. The molecule has 7 nitrogen and oxygen atoms in total. The Morgan fingerprint density at radius 3 is 2.81 bits per heavy atom. The van der Waals surface area contributed by atoms with Crippen molar-refractivity contribution < 1.29 is 9.47 Å². The van der Waals surface area contributed by atoms with Crippen molar-refractivity contribution in [2.75, 3.05) is 32.6 Å². The highest BCUT2D eigenvalue weighted by atomic mass is 35.5. The van der Waals surface area contributed by atoms with Crippen LogP contribution in [0.5, 0.6) is 11.5 Å². The van der Waals surface area contributed by atoms with E-state index >= 15 is 0 Å². The number of anilines is 2. The molecule has 3 heterocycles. The molecule has 1 saturated heterocycles. The van der Waals surface area contributed by atoms with Crippen molar-refractivity contribution in [1.29, 1.82) is 0 Å². The number of likely N-dealkylation sites (N-methyl/N-ethyl adjacent to an activating group) is 1. The number of nitrogens with zero attached hydrogens (tertiary/aromatic N) is 4. The molecule has 1 unspecified atom stereocenters. The molecule has 160 valence electrons. The van der Waals surface area contributed by atoms with Crippen LogP contribution in [-0.4, -0.2) is 52.6 Å². The Balaban J connectivity index is 1.62. The molecule has 0 saturated carbocycles. The first kappa shape index (κ1) is 19.9. The lowest BCUT2D eigenvalue weighted by atomic mass is 10.2. The fourth-order valence-electron chi connectivity index (χ4n) is 4.08. The lowest BCUT2D eigenvalue weighted by molar-refractivity contribution is 0.200. The van der Waals surface area contributed by atoms with Crippen molar-refractivity contribution in [3.63, 3.8) is 0 Å². The Morgan fingerprint density at radius 2 is 2.06 bits per heavy atom. The number of likely N-dealkylation sites (tertiary alicyclic amines) is 1. The van der Waals surface area contributed by atoms with Crippen LogP contribution in [0, 0.1) is 6.92 Å². The molecular weight excluding hydrogens is 414 g/mol. The van der Waals surface area contributed by atoms with Gasteiger partial charge in [-0.2, -0.15) is 0 Å². The van der Waals surface area contributed by atoms with Gasteiger partial charge in [-0.1, -0.05) is 23.7 Å². The minimum atomic E-state index is 0.136. The van der Waals surface area contributed by atoms with Gasteiger partial charge in [0.25, 0.3) is 0 Å². The maximum Gasteiger partial charge on any atom is 0.163 e. The first-order valence-electron chi connectivity index (χ1n) is 10.2. The van der Waals surface area contributed by atoms with Gasteiger partial charge in [0, 0.05) is 25.2 Å². The molecule has 0 radical (unpaired) electrons. The smallest absolute Gasteiger partial charge is 0.163 e. The van der Waals surface area contributed by atoms with Crippen LogP contribution in [0.3, 0.4) is 0 Å². The van der Waals surface area contributed by atoms with E-state index in [1.807, 2.05) is 41.7 Å².